The second-order valence-electron chi connectivity index (χ2n) is 5.57. The number of rotatable bonds is 2. The predicted octanol–water partition coefficient (Wildman–Crippen LogP) is 1.97. The molecular formula is C14H20N2O2S. The molecule has 0 aliphatic carbocycles. The van der Waals surface area contributed by atoms with Crippen molar-refractivity contribution >= 4 is 17.2 Å². The number of piperidine rings is 1. The molecule has 104 valence electrons. The van der Waals surface area contributed by atoms with Crippen LogP contribution >= 0.6 is 11.3 Å². The highest BCUT2D eigenvalue weighted by Gasteiger charge is 2.38. The van der Waals surface area contributed by atoms with Gasteiger partial charge in [-0.05, 0) is 31.2 Å². The Morgan fingerprint density at radius 3 is 2.79 bits per heavy atom. The third kappa shape index (κ3) is 2.49. The number of nitrogens with zero attached hydrogens (tertiary/aromatic N) is 1. The summed E-state index contributed by atoms with van der Waals surface area (Å²) in [4.78, 5) is 15.2. The summed E-state index contributed by atoms with van der Waals surface area (Å²) in [6, 6.07) is 1.84. The number of likely N-dealkylation sites (tertiary alicyclic amines) is 1. The van der Waals surface area contributed by atoms with E-state index in [2.05, 4.69) is 5.32 Å². The Bertz CT molecular complexity index is 456. The quantitative estimate of drug-likeness (QED) is 0.900. The van der Waals surface area contributed by atoms with Gasteiger partial charge >= 0.3 is 0 Å². The molecule has 5 heteroatoms. The van der Waals surface area contributed by atoms with Gasteiger partial charge in [-0.15, -0.1) is 11.3 Å². The molecule has 1 aromatic heterocycles. The molecule has 1 aromatic rings. The summed E-state index contributed by atoms with van der Waals surface area (Å²) >= 11 is 1.47. The molecule has 2 aliphatic heterocycles. The molecule has 4 nitrogen and oxygen atoms in total. The summed E-state index contributed by atoms with van der Waals surface area (Å²) in [5, 5.41) is 5.34. The van der Waals surface area contributed by atoms with Crippen LogP contribution in [0.15, 0.2) is 11.4 Å². The van der Waals surface area contributed by atoms with Crippen LogP contribution in [0.25, 0.3) is 0 Å². The SMILES string of the molecule is COc1csc(C(=O)N2CCC3(CCNC3)CC2)c1. The van der Waals surface area contributed by atoms with Crippen molar-refractivity contribution < 1.29 is 9.53 Å². The molecule has 1 N–H and O–H groups in total. The van der Waals surface area contributed by atoms with Gasteiger partial charge in [0.25, 0.3) is 5.91 Å². The van der Waals surface area contributed by atoms with Crippen LogP contribution in [0.5, 0.6) is 5.75 Å². The summed E-state index contributed by atoms with van der Waals surface area (Å²) in [7, 11) is 1.63. The van der Waals surface area contributed by atoms with Crippen molar-refractivity contribution in [2.24, 2.45) is 5.41 Å². The largest absolute Gasteiger partial charge is 0.496 e. The smallest absolute Gasteiger partial charge is 0.264 e. The molecule has 3 heterocycles. The number of nitrogens with one attached hydrogen (secondary N) is 1. The van der Waals surface area contributed by atoms with E-state index >= 15 is 0 Å². The molecule has 0 bridgehead atoms. The van der Waals surface area contributed by atoms with Crippen molar-refractivity contribution in [2.45, 2.75) is 19.3 Å². The van der Waals surface area contributed by atoms with Gasteiger partial charge in [0.1, 0.15) is 5.75 Å². The van der Waals surface area contributed by atoms with Crippen LogP contribution in [-0.4, -0.2) is 44.1 Å². The number of thiophene rings is 1. The van der Waals surface area contributed by atoms with E-state index in [0.717, 1.165) is 49.6 Å². The van der Waals surface area contributed by atoms with Gasteiger partial charge < -0.3 is 15.0 Å². The van der Waals surface area contributed by atoms with Crippen LogP contribution in [0, 0.1) is 5.41 Å². The fourth-order valence-electron chi connectivity index (χ4n) is 3.10. The van der Waals surface area contributed by atoms with Gasteiger partial charge in [0, 0.05) is 31.1 Å². The molecule has 2 fully saturated rings. The fraction of sp³-hybridized carbons (Fsp3) is 0.643. The summed E-state index contributed by atoms with van der Waals surface area (Å²) < 4.78 is 5.14. The molecule has 0 saturated carbocycles. The minimum Gasteiger partial charge on any atom is -0.496 e. The normalized spacial score (nSPS) is 21.8. The number of amides is 1. The van der Waals surface area contributed by atoms with Crippen molar-refractivity contribution in [1.82, 2.24) is 10.2 Å². The lowest BCUT2D eigenvalue weighted by molar-refractivity contribution is 0.0612. The first-order chi connectivity index (χ1) is 9.22. The second-order valence-corrected chi connectivity index (χ2v) is 6.48. The maximum atomic E-state index is 12.4. The van der Waals surface area contributed by atoms with E-state index in [9.17, 15) is 4.79 Å². The van der Waals surface area contributed by atoms with Crippen LogP contribution in [0.2, 0.25) is 0 Å². The average molecular weight is 280 g/mol. The minimum atomic E-state index is 0.161. The van der Waals surface area contributed by atoms with Crippen molar-refractivity contribution in [3.8, 4) is 5.75 Å². The Morgan fingerprint density at radius 1 is 1.42 bits per heavy atom. The van der Waals surface area contributed by atoms with Crippen LogP contribution in [-0.2, 0) is 0 Å². The Hall–Kier alpha value is -1.07. The summed E-state index contributed by atoms with van der Waals surface area (Å²) in [5.74, 6) is 0.941. The average Bonchev–Trinajstić information content (AvgIpc) is 3.08. The Balaban J connectivity index is 1.63. The van der Waals surface area contributed by atoms with Crippen molar-refractivity contribution in [3.63, 3.8) is 0 Å². The molecule has 0 unspecified atom stereocenters. The zero-order valence-electron chi connectivity index (χ0n) is 11.3. The maximum absolute atomic E-state index is 12.4. The molecule has 1 spiro atoms. The number of methoxy groups -OCH3 is 1. The third-order valence-electron chi connectivity index (χ3n) is 4.47. The van der Waals surface area contributed by atoms with E-state index < -0.39 is 0 Å². The predicted molar refractivity (Wildman–Crippen MR) is 75.9 cm³/mol. The third-order valence-corrected chi connectivity index (χ3v) is 5.36. The number of hydrogen-bond donors (Lipinski definition) is 1. The summed E-state index contributed by atoms with van der Waals surface area (Å²) in [6.07, 6.45) is 3.53. The lowest BCUT2D eigenvalue weighted by Gasteiger charge is -2.38. The van der Waals surface area contributed by atoms with Crippen LogP contribution in [0.1, 0.15) is 28.9 Å². The molecule has 2 saturated heterocycles. The lowest BCUT2D eigenvalue weighted by Crippen LogP contribution is -2.43. The van der Waals surface area contributed by atoms with E-state index in [-0.39, 0.29) is 5.91 Å². The molecule has 1 amide bonds. The number of carbonyl (C=O) groups is 1. The number of carbonyl (C=O) groups excluding carboxylic acids is 1. The highest BCUT2D eigenvalue weighted by atomic mass is 32.1. The second kappa shape index (κ2) is 5.13. The first kappa shape index (κ1) is 12.9. The summed E-state index contributed by atoms with van der Waals surface area (Å²) in [6.45, 7) is 4.04. The molecule has 19 heavy (non-hydrogen) atoms. The van der Waals surface area contributed by atoms with Gasteiger partial charge in [0.05, 0.1) is 12.0 Å². The van der Waals surface area contributed by atoms with Crippen molar-refractivity contribution in [2.75, 3.05) is 33.3 Å². The Labute approximate surface area is 117 Å². The monoisotopic (exact) mass is 280 g/mol. The van der Waals surface area contributed by atoms with Crippen LogP contribution in [0.4, 0.5) is 0 Å². The molecule has 0 atom stereocenters. The van der Waals surface area contributed by atoms with Gasteiger partial charge in [-0.25, -0.2) is 0 Å². The first-order valence-electron chi connectivity index (χ1n) is 6.85. The van der Waals surface area contributed by atoms with E-state index in [1.807, 2.05) is 16.3 Å². The molecule has 2 aliphatic rings. The van der Waals surface area contributed by atoms with E-state index in [1.54, 1.807) is 7.11 Å². The van der Waals surface area contributed by atoms with Gasteiger partial charge in [-0.1, -0.05) is 0 Å². The molecule has 0 aromatic carbocycles. The Morgan fingerprint density at radius 2 is 2.21 bits per heavy atom. The highest BCUT2D eigenvalue weighted by Crippen LogP contribution is 2.37. The minimum absolute atomic E-state index is 0.161. The Kier molecular flexibility index (Phi) is 3.50. The van der Waals surface area contributed by atoms with Gasteiger partial charge in [0.2, 0.25) is 0 Å². The molecule has 3 rings (SSSR count). The fourth-order valence-corrected chi connectivity index (χ4v) is 3.92. The standard InChI is InChI=1S/C14H20N2O2S/c1-18-11-8-12(19-9-11)13(17)16-6-3-14(4-7-16)2-5-15-10-14/h8-9,15H,2-7,10H2,1H3. The lowest BCUT2D eigenvalue weighted by atomic mass is 9.78. The number of hydrogen-bond acceptors (Lipinski definition) is 4. The molecule has 0 radical (unpaired) electrons. The van der Waals surface area contributed by atoms with Crippen LogP contribution in [0.3, 0.4) is 0 Å². The van der Waals surface area contributed by atoms with Gasteiger partial charge in [0.15, 0.2) is 0 Å². The first-order valence-corrected chi connectivity index (χ1v) is 7.73. The zero-order chi connectivity index (χ0) is 13.3. The van der Waals surface area contributed by atoms with E-state index in [0.29, 0.717) is 5.41 Å². The number of ether oxygens (including phenoxy) is 1. The van der Waals surface area contributed by atoms with Gasteiger partial charge in [-0.3, -0.25) is 4.79 Å². The zero-order valence-corrected chi connectivity index (χ0v) is 12.1. The highest BCUT2D eigenvalue weighted by molar-refractivity contribution is 7.12. The topological polar surface area (TPSA) is 41.6 Å². The molecular weight excluding hydrogens is 260 g/mol. The maximum Gasteiger partial charge on any atom is 0.264 e. The van der Waals surface area contributed by atoms with E-state index in [4.69, 9.17) is 4.74 Å². The van der Waals surface area contributed by atoms with E-state index in [1.165, 1.54) is 17.8 Å². The van der Waals surface area contributed by atoms with Crippen molar-refractivity contribution in [1.29, 1.82) is 0 Å². The van der Waals surface area contributed by atoms with Gasteiger partial charge in [-0.2, -0.15) is 0 Å². The van der Waals surface area contributed by atoms with Crippen LogP contribution < -0.4 is 10.1 Å². The van der Waals surface area contributed by atoms with Crippen molar-refractivity contribution in [3.05, 3.63) is 16.3 Å². The summed E-state index contributed by atoms with van der Waals surface area (Å²) in [5.41, 5.74) is 0.462.